The van der Waals surface area contributed by atoms with Crippen LogP contribution in [-0.4, -0.2) is 9.97 Å². The molecule has 0 saturated heterocycles. The minimum Gasteiger partial charge on any atom is -0.232 e. The number of nitriles is 1. The third-order valence-electron chi connectivity index (χ3n) is 13.3. The lowest BCUT2D eigenvalue weighted by Gasteiger charge is -2.35. The molecule has 4 atom stereocenters. The highest BCUT2D eigenvalue weighted by atomic mass is 14.9. The zero-order valence-corrected chi connectivity index (χ0v) is 31.7. The lowest BCUT2D eigenvalue weighted by atomic mass is 9.69. The van der Waals surface area contributed by atoms with Crippen LogP contribution in [0.3, 0.4) is 0 Å². The summed E-state index contributed by atoms with van der Waals surface area (Å²) in [6.07, 6.45) is 39.9. The van der Waals surface area contributed by atoms with Crippen LogP contribution in [0.1, 0.15) is 148 Å². The first kappa shape index (κ1) is 34.9. The molecule has 54 heavy (non-hydrogen) atoms. The molecular formula is C51H53N3. The van der Waals surface area contributed by atoms with Crippen LogP contribution in [0.4, 0.5) is 0 Å². The third-order valence-corrected chi connectivity index (χ3v) is 13.3. The number of hydrogen-bond acceptors (Lipinski definition) is 3. The zero-order valence-electron chi connectivity index (χ0n) is 31.7. The van der Waals surface area contributed by atoms with Gasteiger partial charge >= 0.3 is 0 Å². The quantitative estimate of drug-likeness (QED) is 0.230. The van der Waals surface area contributed by atoms with E-state index in [0.717, 1.165) is 69.3 Å². The summed E-state index contributed by atoms with van der Waals surface area (Å²) in [4.78, 5) is 11.0. The molecule has 0 amide bonds. The van der Waals surface area contributed by atoms with Crippen molar-refractivity contribution in [3.05, 3.63) is 154 Å². The van der Waals surface area contributed by atoms with E-state index in [1.165, 1.54) is 83.2 Å². The first-order chi connectivity index (χ1) is 26.7. The topological polar surface area (TPSA) is 49.6 Å². The molecule has 1 heterocycles. The van der Waals surface area contributed by atoms with Crippen molar-refractivity contribution >= 4 is 11.1 Å². The van der Waals surface area contributed by atoms with Crippen LogP contribution in [0, 0.1) is 23.2 Å². The molecule has 6 aliphatic carbocycles. The molecule has 3 nitrogen and oxygen atoms in total. The fourth-order valence-electron chi connectivity index (χ4n) is 10.3. The molecule has 9 rings (SSSR count). The Kier molecular flexibility index (Phi) is 10.3. The van der Waals surface area contributed by atoms with Crippen molar-refractivity contribution in [3.8, 4) is 17.3 Å². The van der Waals surface area contributed by atoms with Crippen molar-refractivity contribution in [1.82, 2.24) is 9.97 Å². The summed E-state index contributed by atoms with van der Waals surface area (Å²) >= 11 is 0. The van der Waals surface area contributed by atoms with Gasteiger partial charge in [0.1, 0.15) is 5.82 Å². The number of hydrogen-bond donors (Lipinski definition) is 0. The number of nitrogens with zero attached hydrogens (tertiary/aromatic N) is 3. The Bertz CT molecular complexity index is 2140. The van der Waals surface area contributed by atoms with Gasteiger partial charge in [0, 0.05) is 34.8 Å². The van der Waals surface area contributed by atoms with Crippen LogP contribution < -0.4 is 0 Å². The van der Waals surface area contributed by atoms with Crippen LogP contribution in [0.25, 0.3) is 22.4 Å². The van der Waals surface area contributed by atoms with Crippen molar-refractivity contribution in [2.75, 3.05) is 0 Å². The van der Waals surface area contributed by atoms with Crippen molar-refractivity contribution in [2.45, 2.75) is 114 Å². The van der Waals surface area contributed by atoms with Crippen LogP contribution >= 0.6 is 0 Å². The second-order valence-electron chi connectivity index (χ2n) is 16.6. The Labute approximate surface area is 322 Å². The third kappa shape index (κ3) is 7.09. The van der Waals surface area contributed by atoms with Gasteiger partial charge in [0.2, 0.25) is 0 Å². The molecule has 3 aromatic rings. The standard InChI is InChI=1S/C51H53N3/c52-34-35-23-25-36(26-24-35)42-19-12-20-43(33-42)45-32-31-44(46-21-10-11-22-47(45)46)37-27-29-40(30-28-37)50-48(38-13-4-1-5-14-38)49(39-15-6-2-7-16-39)53-51(54-50)41-17-8-3-9-18-41/h1-2,4,6,10-13,15,19-22,25,27-30,35,41-42,44-45H,3,5,7-9,14,16-18,23-24,26,31-33H2. The maximum atomic E-state index is 9.42. The molecule has 4 unspecified atom stereocenters. The summed E-state index contributed by atoms with van der Waals surface area (Å²) in [5, 5.41) is 9.42. The van der Waals surface area contributed by atoms with Gasteiger partial charge in [0.25, 0.3) is 0 Å². The van der Waals surface area contributed by atoms with E-state index in [1.54, 1.807) is 11.1 Å². The molecular weight excluding hydrogens is 655 g/mol. The average molecular weight is 708 g/mol. The predicted molar refractivity (Wildman–Crippen MR) is 223 cm³/mol. The van der Waals surface area contributed by atoms with Gasteiger partial charge in [-0.3, -0.25) is 0 Å². The Hall–Kier alpha value is -4.81. The molecule has 2 aromatic carbocycles. The number of rotatable bonds is 7. The molecule has 3 heteroatoms. The smallest absolute Gasteiger partial charge is 0.132 e. The predicted octanol–water partition coefficient (Wildman–Crippen LogP) is 13.4. The zero-order chi connectivity index (χ0) is 36.3. The second kappa shape index (κ2) is 15.9. The lowest BCUT2D eigenvalue weighted by Crippen LogP contribution is -2.20. The van der Waals surface area contributed by atoms with Gasteiger partial charge in [-0.2, -0.15) is 5.26 Å². The number of benzene rings is 2. The Balaban J connectivity index is 1.04. The first-order valence-electron chi connectivity index (χ1n) is 21.0. The van der Waals surface area contributed by atoms with Gasteiger partial charge < -0.3 is 0 Å². The van der Waals surface area contributed by atoms with Gasteiger partial charge in [-0.05, 0) is 105 Å². The monoisotopic (exact) mass is 707 g/mol. The highest BCUT2D eigenvalue weighted by Gasteiger charge is 2.33. The van der Waals surface area contributed by atoms with E-state index in [2.05, 4.69) is 115 Å². The molecule has 0 bridgehead atoms. The number of allylic oxidation sites excluding steroid dienone is 14. The molecule has 0 radical (unpaired) electrons. The normalized spacial score (nSPS) is 25.5. The molecule has 1 fully saturated rings. The number of fused-ring (bicyclic) bond motifs is 1. The van der Waals surface area contributed by atoms with Gasteiger partial charge in [-0.25, -0.2) is 9.97 Å². The van der Waals surface area contributed by atoms with E-state index in [0.29, 0.717) is 23.7 Å². The molecule has 0 spiro atoms. The van der Waals surface area contributed by atoms with E-state index in [4.69, 9.17) is 9.97 Å². The Morgan fingerprint density at radius 2 is 1.37 bits per heavy atom. The van der Waals surface area contributed by atoms with Crippen molar-refractivity contribution in [1.29, 1.82) is 5.26 Å². The van der Waals surface area contributed by atoms with E-state index in [1.807, 2.05) is 0 Å². The minimum absolute atomic E-state index is 0.190. The lowest BCUT2D eigenvalue weighted by molar-refractivity contribution is 0.428. The van der Waals surface area contributed by atoms with Crippen molar-refractivity contribution in [2.24, 2.45) is 11.8 Å². The summed E-state index contributed by atoms with van der Waals surface area (Å²) in [5.41, 5.74) is 15.0. The SMILES string of the molecule is N#CC1CC=C(C2C=CC=C(C3CCC(c4ccc(-c5nc(C6CCCCC6)nc(C6=CC=CCC6)c5C5=CC=CCC5)cc4)c4ccccc43)C2)CC1. The van der Waals surface area contributed by atoms with Gasteiger partial charge in [-0.15, -0.1) is 0 Å². The van der Waals surface area contributed by atoms with Crippen LogP contribution in [-0.2, 0) is 0 Å². The average Bonchev–Trinajstić information content (AvgIpc) is 3.26. The summed E-state index contributed by atoms with van der Waals surface area (Å²) < 4.78 is 0. The van der Waals surface area contributed by atoms with Crippen LogP contribution in [0.15, 0.2) is 120 Å². The van der Waals surface area contributed by atoms with E-state index in [9.17, 15) is 5.26 Å². The minimum atomic E-state index is 0.190. The van der Waals surface area contributed by atoms with Crippen LogP contribution in [0.5, 0.6) is 0 Å². The highest BCUT2D eigenvalue weighted by Crippen LogP contribution is 2.49. The van der Waals surface area contributed by atoms with E-state index < -0.39 is 0 Å². The summed E-state index contributed by atoms with van der Waals surface area (Å²) in [5.74, 6) is 3.01. The molecule has 0 aliphatic heterocycles. The molecule has 272 valence electrons. The van der Waals surface area contributed by atoms with E-state index >= 15 is 0 Å². The molecule has 1 aromatic heterocycles. The molecule has 6 aliphatic rings. The van der Waals surface area contributed by atoms with Crippen LogP contribution in [0.2, 0.25) is 0 Å². The van der Waals surface area contributed by atoms with Gasteiger partial charge in [0.05, 0.1) is 23.4 Å². The highest BCUT2D eigenvalue weighted by molar-refractivity contribution is 5.88. The van der Waals surface area contributed by atoms with E-state index in [-0.39, 0.29) is 5.92 Å². The Morgan fingerprint density at radius 3 is 2.07 bits per heavy atom. The van der Waals surface area contributed by atoms with Gasteiger partial charge in [0.15, 0.2) is 0 Å². The maximum Gasteiger partial charge on any atom is 0.132 e. The largest absolute Gasteiger partial charge is 0.232 e. The van der Waals surface area contributed by atoms with Gasteiger partial charge in [-0.1, -0.05) is 140 Å². The summed E-state index contributed by atoms with van der Waals surface area (Å²) in [7, 11) is 0. The maximum absolute atomic E-state index is 9.42. The second-order valence-corrected chi connectivity index (χ2v) is 16.6. The van der Waals surface area contributed by atoms with Crippen molar-refractivity contribution < 1.29 is 0 Å². The summed E-state index contributed by atoms with van der Waals surface area (Å²) in [6, 6.07) is 21.3. The van der Waals surface area contributed by atoms with Crippen molar-refractivity contribution in [3.63, 3.8) is 0 Å². The molecule has 0 N–H and O–H groups in total. The fraction of sp³-hybridized carbons (Fsp3) is 0.392. The first-order valence-corrected chi connectivity index (χ1v) is 21.0. The summed E-state index contributed by atoms with van der Waals surface area (Å²) in [6.45, 7) is 0. The number of aromatic nitrogens is 2. The molecule has 1 saturated carbocycles. The fourth-order valence-corrected chi connectivity index (χ4v) is 10.3. The Morgan fingerprint density at radius 1 is 0.648 bits per heavy atom.